The summed E-state index contributed by atoms with van der Waals surface area (Å²) in [6, 6.07) is 2.98. The van der Waals surface area contributed by atoms with E-state index in [1.165, 1.54) is 6.07 Å². The van der Waals surface area contributed by atoms with Crippen LogP contribution in [0.25, 0.3) is 11.0 Å². The predicted molar refractivity (Wildman–Crippen MR) is 93.3 cm³/mol. The largest absolute Gasteiger partial charge is 0.383 e. The number of nitrogens with one attached hydrogen (secondary N) is 2. The van der Waals surface area contributed by atoms with Gasteiger partial charge in [-0.3, -0.25) is 14.9 Å². The minimum absolute atomic E-state index is 0.0902. The van der Waals surface area contributed by atoms with Crippen LogP contribution in [0.1, 0.15) is 39.5 Å². The Morgan fingerprint density at radius 1 is 1.24 bits per heavy atom. The van der Waals surface area contributed by atoms with Gasteiger partial charge in [0.15, 0.2) is 5.52 Å². The fraction of sp³-hybridized carbons (Fsp3) is 0.562. The Bertz CT molecular complexity index is 728. The lowest BCUT2D eigenvalue weighted by atomic mass is 10.1. The fourth-order valence-corrected chi connectivity index (χ4v) is 2.36. The van der Waals surface area contributed by atoms with E-state index in [2.05, 4.69) is 39.4 Å². The Kier molecular flexibility index (Phi) is 6.67. The number of unbranched alkanes of at least 4 members (excludes halogenated alkanes) is 2. The van der Waals surface area contributed by atoms with E-state index < -0.39 is 4.92 Å². The topological polar surface area (TPSA) is 123 Å². The summed E-state index contributed by atoms with van der Waals surface area (Å²) < 4.78 is 4.62. The molecule has 0 spiro atoms. The van der Waals surface area contributed by atoms with Crippen LogP contribution in [0.5, 0.6) is 0 Å². The Balaban J connectivity index is 1.73. The number of non-ortho nitro benzene ring substituents is 1. The Morgan fingerprint density at radius 2 is 2.00 bits per heavy atom. The maximum absolute atomic E-state index is 11.6. The molecule has 0 saturated heterocycles. The van der Waals surface area contributed by atoms with Gasteiger partial charge in [0, 0.05) is 25.6 Å². The average molecular weight is 349 g/mol. The summed E-state index contributed by atoms with van der Waals surface area (Å²) in [5.41, 5.74) is 1.00. The summed E-state index contributed by atoms with van der Waals surface area (Å²) in [6.07, 6.45) is 3.14. The summed E-state index contributed by atoms with van der Waals surface area (Å²) in [5, 5.41) is 24.3. The number of carbonyl (C=O) groups excluding carboxylic acids is 1. The molecule has 0 aliphatic rings. The smallest absolute Gasteiger partial charge is 0.300 e. The van der Waals surface area contributed by atoms with Crippen LogP contribution in [0.4, 0.5) is 11.4 Å². The van der Waals surface area contributed by atoms with E-state index in [4.69, 9.17) is 0 Å². The molecule has 0 aliphatic heterocycles. The van der Waals surface area contributed by atoms with Crippen LogP contribution < -0.4 is 10.6 Å². The number of fused-ring (bicyclic) bond motifs is 1. The van der Waals surface area contributed by atoms with Crippen molar-refractivity contribution in [3.8, 4) is 0 Å². The van der Waals surface area contributed by atoms with Crippen LogP contribution in [0.3, 0.4) is 0 Å². The number of carbonyl (C=O) groups is 1. The number of anilines is 1. The third-order valence-corrected chi connectivity index (χ3v) is 3.69. The van der Waals surface area contributed by atoms with Crippen molar-refractivity contribution < 1.29 is 14.3 Å². The van der Waals surface area contributed by atoms with Gasteiger partial charge in [-0.05, 0) is 35.1 Å². The van der Waals surface area contributed by atoms with Crippen molar-refractivity contribution in [2.45, 2.75) is 39.5 Å². The number of aromatic nitrogens is 2. The van der Waals surface area contributed by atoms with Crippen molar-refractivity contribution in [1.82, 2.24) is 15.6 Å². The molecule has 0 atom stereocenters. The van der Waals surface area contributed by atoms with Crippen molar-refractivity contribution in [1.29, 1.82) is 0 Å². The van der Waals surface area contributed by atoms with Crippen molar-refractivity contribution >= 4 is 28.3 Å². The molecule has 9 heteroatoms. The van der Waals surface area contributed by atoms with Crippen molar-refractivity contribution in [2.24, 2.45) is 5.92 Å². The summed E-state index contributed by atoms with van der Waals surface area (Å²) in [5.74, 6) is 0.546. The van der Waals surface area contributed by atoms with Crippen LogP contribution in [-0.2, 0) is 4.79 Å². The van der Waals surface area contributed by atoms with Crippen LogP contribution in [-0.4, -0.2) is 34.2 Å². The maximum Gasteiger partial charge on any atom is 0.300 e. The Labute approximate surface area is 145 Å². The van der Waals surface area contributed by atoms with Crippen molar-refractivity contribution in [3.63, 3.8) is 0 Å². The number of rotatable bonds is 10. The first-order chi connectivity index (χ1) is 12.0. The highest BCUT2D eigenvalue weighted by Crippen LogP contribution is 2.28. The molecule has 2 N–H and O–H groups in total. The van der Waals surface area contributed by atoms with Gasteiger partial charge >= 0.3 is 5.69 Å². The summed E-state index contributed by atoms with van der Waals surface area (Å²) in [7, 11) is 0. The minimum atomic E-state index is -0.513. The predicted octanol–water partition coefficient (Wildman–Crippen LogP) is 2.88. The lowest BCUT2D eigenvalue weighted by molar-refractivity contribution is -0.383. The Hall–Kier alpha value is -2.71. The van der Waals surface area contributed by atoms with Gasteiger partial charge in [-0.1, -0.05) is 20.3 Å². The van der Waals surface area contributed by atoms with Gasteiger partial charge in [0.2, 0.25) is 11.4 Å². The number of hydrogen-bond donors (Lipinski definition) is 2. The normalized spacial score (nSPS) is 11.0. The number of hydrogen-bond acceptors (Lipinski definition) is 7. The number of nitro groups is 1. The highest BCUT2D eigenvalue weighted by atomic mass is 16.6. The molecule has 25 heavy (non-hydrogen) atoms. The second kappa shape index (κ2) is 8.95. The third kappa shape index (κ3) is 5.40. The van der Waals surface area contributed by atoms with Crippen LogP contribution >= 0.6 is 0 Å². The zero-order chi connectivity index (χ0) is 18.2. The van der Waals surface area contributed by atoms with E-state index in [9.17, 15) is 14.9 Å². The second-order valence-corrected chi connectivity index (χ2v) is 6.29. The molecule has 136 valence electrons. The van der Waals surface area contributed by atoms with E-state index in [0.717, 1.165) is 19.3 Å². The maximum atomic E-state index is 11.6. The molecule has 1 aromatic heterocycles. The summed E-state index contributed by atoms with van der Waals surface area (Å²) in [6.45, 7) is 5.51. The highest BCUT2D eigenvalue weighted by Gasteiger charge is 2.19. The first-order valence-corrected chi connectivity index (χ1v) is 8.39. The monoisotopic (exact) mass is 349 g/mol. The van der Waals surface area contributed by atoms with Gasteiger partial charge in [-0.25, -0.2) is 4.63 Å². The number of amides is 1. The van der Waals surface area contributed by atoms with Gasteiger partial charge in [0.1, 0.15) is 0 Å². The van der Waals surface area contributed by atoms with Crippen LogP contribution in [0.2, 0.25) is 0 Å². The average Bonchev–Trinajstić information content (AvgIpc) is 3.05. The zero-order valence-corrected chi connectivity index (χ0v) is 14.4. The molecule has 0 radical (unpaired) electrons. The van der Waals surface area contributed by atoms with E-state index >= 15 is 0 Å². The standard InChI is InChI=1S/C16H23N5O4/c1-11(2)10-18-14(22)6-4-3-5-9-17-12-7-8-13(21(23)24)16-15(12)19-25-20-16/h7-8,11,17H,3-6,9-10H2,1-2H3,(H,18,22). The van der Waals surface area contributed by atoms with Gasteiger partial charge in [-0.15, -0.1) is 0 Å². The van der Waals surface area contributed by atoms with E-state index in [0.29, 0.717) is 36.6 Å². The lowest BCUT2D eigenvalue weighted by Gasteiger charge is -2.08. The van der Waals surface area contributed by atoms with Crippen LogP contribution in [0.15, 0.2) is 16.8 Å². The van der Waals surface area contributed by atoms with Crippen molar-refractivity contribution in [2.75, 3.05) is 18.4 Å². The SMILES string of the molecule is CC(C)CNC(=O)CCCCCNc1ccc([N+](=O)[O-])c2nonc12. The van der Waals surface area contributed by atoms with Crippen molar-refractivity contribution in [3.05, 3.63) is 22.2 Å². The zero-order valence-electron chi connectivity index (χ0n) is 14.4. The molecule has 2 aromatic rings. The molecule has 0 bridgehead atoms. The lowest BCUT2D eigenvalue weighted by Crippen LogP contribution is -2.26. The first kappa shape index (κ1) is 18.6. The molecule has 0 saturated carbocycles. The van der Waals surface area contributed by atoms with Crippen LogP contribution in [0, 0.1) is 16.0 Å². The molecular formula is C16H23N5O4. The third-order valence-electron chi connectivity index (χ3n) is 3.69. The highest BCUT2D eigenvalue weighted by molar-refractivity contribution is 5.93. The van der Waals surface area contributed by atoms with Gasteiger partial charge < -0.3 is 10.6 Å². The van der Waals surface area contributed by atoms with E-state index in [1.807, 2.05) is 0 Å². The van der Waals surface area contributed by atoms with Gasteiger partial charge in [-0.2, -0.15) is 0 Å². The number of benzene rings is 1. The fourth-order valence-electron chi connectivity index (χ4n) is 2.36. The van der Waals surface area contributed by atoms with E-state index in [-0.39, 0.29) is 17.1 Å². The summed E-state index contributed by atoms with van der Waals surface area (Å²) in [4.78, 5) is 22.0. The molecule has 1 amide bonds. The Morgan fingerprint density at radius 3 is 2.72 bits per heavy atom. The number of nitro benzene ring substituents is 1. The number of nitrogens with zero attached hydrogens (tertiary/aromatic N) is 3. The first-order valence-electron chi connectivity index (χ1n) is 8.39. The molecule has 1 aromatic carbocycles. The molecular weight excluding hydrogens is 326 g/mol. The molecule has 0 aliphatic carbocycles. The molecule has 9 nitrogen and oxygen atoms in total. The molecule has 0 unspecified atom stereocenters. The van der Waals surface area contributed by atoms with Gasteiger partial charge in [0.25, 0.3) is 0 Å². The minimum Gasteiger partial charge on any atom is -0.383 e. The quantitative estimate of drug-likeness (QED) is 0.384. The molecule has 0 fully saturated rings. The second-order valence-electron chi connectivity index (χ2n) is 6.29. The van der Waals surface area contributed by atoms with E-state index in [1.54, 1.807) is 6.07 Å². The molecule has 1 heterocycles. The van der Waals surface area contributed by atoms with Gasteiger partial charge in [0.05, 0.1) is 10.6 Å². The molecule has 2 rings (SSSR count). The summed E-state index contributed by atoms with van der Waals surface area (Å²) >= 11 is 0.